The second kappa shape index (κ2) is 6.13. The number of nitriles is 1. The Labute approximate surface area is 121 Å². The first-order valence-electron chi connectivity index (χ1n) is 5.89. The number of nitrogens with two attached hydrogens (primary N) is 1. The van der Waals surface area contributed by atoms with Crippen LogP contribution < -0.4 is 11.1 Å². The van der Waals surface area contributed by atoms with Crippen molar-refractivity contribution < 1.29 is 4.79 Å². The van der Waals surface area contributed by atoms with E-state index in [1.165, 1.54) is 11.8 Å². The molecule has 100 valence electrons. The minimum Gasteiger partial charge on any atom is -0.366 e. The van der Waals surface area contributed by atoms with Crippen LogP contribution in [0.2, 0.25) is 0 Å². The summed E-state index contributed by atoms with van der Waals surface area (Å²) in [5.74, 6) is -0.460. The molecule has 0 heterocycles. The maximum atomic E-state index is 11.0. The Kier molecular flexibility index (Phi) is 4.28. The van der Waals surface area contributed by atoms with Crippen LogP contribution in [0.3, 0.4) is 0 Å². The minimum absolute atomic E-state index is 0.453. The van der Waals surface area contributed by atoms with Gasteiger partial charge in [-0.2, -0.15) is 5.26 Å². The van der Waals surface area contributed by atoms with Crippen LogP contribution in [0.15, 0.2) is 47.4 Å². The smallest absolute Gasteiger partial charge is 0.248 e. The van der Waals surface area contributed by atoms with Crippen molar-refractivity contribution in [1.29, 1.82) is 5.26 Å². The largest absolute Gasteiger partial charge is 0.366 e. The van der Waals surface area contributed by atoms with Gasteiger partial charge in [0.05, 0.1) is 11.3 Å². The fourth-order valence-corrected chi connectivity index (χ4v) is 2.37. The van der Waals surface area contributed by atoms with Crippen LogP contribution in [0, 0.1) is 11.3 Å². The number of thioether (sulfide) groups is 1. The van der Waals surface area contributed by atoms with E-state index in [1.807, 2.05) is 24.5 Å². The molecule has 4 nitrogen and oxygen atoms in total. The molecule has 0 atom stereocenters. The van der Waals surface area contributed by atoms with Crippen molar-refractivity contribution in [1.82, 2.24) is 0 Å². The van der Waals surface area contributed by atoms with E-state index in [0.717, 1.165) is 16.3 Å². The summed E-state index contributed by atoms with van der Waals surface area (Å²) < 4.78 is 0. The van der Waals surface area contributed by atoms with E-state index in [9.17, 15) is 10.1 Å². The lowest BCUT2D eigenvalue weighted by molar-refractivity contribution is 0.100. The van der Waals surface area contributed by atoms with Crippen LogP contribution in [0.25, 0.3) is 0 Å². The second-order valence-corrected chi connectivity index (χ2v) is 4.91. The van der Waals surface area contributed by atoms with Gasteiger partial charge in [0.1, 0.15) is 6.07 Å². The van der Waals surface area contributed by atoms with Crippen molar-refractivity contribution in [3.8, 4) is 6.07 Å². The van der Waals surface area contributed by atoms with E-state index in [1.54, 1.807) is 24.3 Å². The number of hydrogen-bond acceptors (Lipinski definition) is 4. The molecule has 5 heteroatoms. The molecular formula is C15H13N3OS. The molecule has 0 aliphatic heterocycles. The summed E-state index contributed by atoms with van der Waals surface area (Å²) >= 11 is 1.53. The lowest BCUT2D eigenvalue weighted by Gasteiger charge is -2.10. The highest BCUT2D eigenvalue weighted by atomic mass is 32.2. The van der Waals surface area contributed by atoms with Gasteiger partial charge in [0.25, 0.3) is 0 Å². The molecule has 0 aliphatic rings. The van der Waals surface area contributed by atoms with E-state index >= 15 is 0 Å². The molecule has 20 heavy (non-hydrogen) atoms. The first-order chi connectivity index (χ1) is 9.65. The molecule has 0 saturated heterocycles. The van der Waals surface area contributed by atoms with Gasteiger partial charge in [-0.05, 0) is 42.7 Å². The molecule has 0 unspecified atom stereocenters. The SMILES string of the molecule is CSc1cccc(Nc2ccc(C(N)=O)cc2)c1C#N. The topological polar surface area (TPSA) is 78.9 Å². The Morgan fingerprint density at radius 1 is 1.25 bits per heavy atom. The van der Waals surface area contributed by atoms with Crippen molar-refractivity contribution >= 4 is 29.0 Å². The number of nitrogens with zero attached hydrogens (tertiary/aromatic N) is 1. The molecule has 0 fully saturated rings. The first kappa shape index (κ1) is 14.0. The number of rotatable bonds is 4. The van der Waals surface area contributed by atoms with Gasteiger partial charge in [0.15, 0.2) is 0 Å². The molecular weight excluding hydrogens is 270 g/mol. The molecule has 2 rings (SSSR count). The molecule has 2 aromatic carbocycles. The highest BCUT2D eigenvalue weighted by molar-refractivity contribution is 7.98. The summed E-state index contributed by atoms with van der Waals surface area (Å²) in [7, 11) is 0. The first-order valence-corrected chi connectivity index (χ1v) is 7.12. The normalized spacial score (nSPS) is 9.80. The van der Waals surface area contributed by atoms with Crippen LogP contribution in [0.5, 0.6) is 0 Å². The van der Waals surface area contributed by atoms with Gasteiger partial charge in [0, 0.05) is 16.1 Å². The Hall–Kier alpha value is -2.45. The third-order valence-corrected chi connectivity index (χ3v) is 3.59. The van der Waals surface area contributed by atoms with Gasteiger partial charge in [-0.25, -0.2) is 0 Å². The molecule has 0 aliphatic carbocycles. The van der Waals surface area contributed by atoms with E-state index < -0.39 is 5.91 Å². The zero-order valence-electron chi connectivity index (χ0n) is 10.9. The van der Waals surface area contributed by atoms with Gasteiger partial charge < -0.3 is 11.1 Å². The maximum Gasteiger partial charge on any atom is 0.248 e. The van der Waals surface area contributed by atoms with Gasteiger partial charge in [-0.15, -0.1) is 11.8 Å². The molecule has 1 amide bonds. The molecule has 2 aromatic rings. The molecule has 0 saturated carbocycles. The number of benzene rings is 2. The zero-order valence-corrected chi connectivity index (χ0v) is 11.7. The van der Waals surface area contributed by atoms with Gasteiger partial charge in [-0.1, -0.05) is 6.07 Å². The molecule has 0 aromatic heterocycles. The Bertz CT molecular complexity index is 675. The lowest BCUT2D eigenvalue weighted by atomic mass is 10.1. The quantitative estimate of drug-likeness (QED) is 0.845. The van der Waals surface area contributed by atoms with E-state index in [0.29, 0.717) is 11.1 Å². The van der Waals surface area contributed by atoms with Gasteiger partial charge >= 0.3 is 0 Å². The zero-order chi connectivity index (χ0) is 14.5. The number of anilines is 2. The van der Waals surface area contributed by atoms with E-state index in [2.05, 4.69) is 11.4 Å². The average Bonchev–Trinajstić information content (AvgIpc) is 2.47. The number of amides is 1. The van der Waals surface area contributed by atoms with Crippen LogP contribution in [0.1, 0.15) is 15.9 Å². The summed E-state index contributed by atoms with van der Waals surface area (Å²) in [5, 5.41) is 12.4. The molecule has 3 N–H and O–H groups in total. The molecule has 0 spiro atoms. The fourth-order valence-electron chi connectivity index (χ4n) is 1.79. The second-order valence-electron chi connectivity index (χ2n) is 4.06. The number of carbonyl (C=O) groups excluding carboxylic acids is 1. The Balaban J connectivity index is 2.30. The number of nitrogens with one attached hydrogen (secondary N) is 1. The van der Waals surface area contributed by atoms with E-state index in [-0.39, 0.29) is 0 Å². The van der Waals surface area contributed by atoms with Crippen LogP contribution in [0.4, 0.5) is 11.4 Å². The van der Waals surface area contributed by atoms with Gasteiger partial charge in [0.2, 0.25) is 5.91 Å². The highest BCUT2D eigenvalue weighted by Gasteiger charge is 2.07. The van der Waals surface area contributed by atoms with Gasteiger partial charge in [-0.3, -0.25) is 4.79 Å². The van der Waals surface area contributed by atoms with Crippen molar-refractivity contribution in [2.24, 2.45) is 5.73 Å². The standard InChI is InChI=1S/C15H13N3OS/c1-20-14-4-2-3-13(12(14)9-16)18-11-7-5-10(6-8-11)15(17)19/h2-8,18H,1H3,(H2,17,19). The van der Waals surface area contributed by atoms with Crippen molar-refractivity contribution in [3.63, 3.8) is 0 Å². The summed E-state index contributed by atoms with van der Waals surface area (Å²) in [6.07, 6.45) is 1.93. The van der Waals surface area contributed by atoms with E-state index in [4.69, 9.17) is 5.73 Å². The van der Waals surface area contributed by atoms with Crippen LogP contribution in [-0.2, 0) is 0 Å². The fraction of sp³-hybridized carbons (Fsp3) is 0.0667. The number of primary amides is 1. The Morgan fingerprint density at radius 3 is 2.50 bits per heavy atom. The highest BCUT2D eigenvalue weighted by Crippen LogP contribution is 2.28. The third kappa shape index (κ3) is 2.92. The minimum atomic E-state index is -0.460. The van der Waals surface area contributed by atoms with Crippen molar-refractivity contribution in [2.45, 2.75) is 4.90 Å². The van der Waals surface area contributed by atoms with Crippen LogP contribution >= 0.6 is 11.8 Å². The lowest BCUT2D eigenvalue weighted by Crippen LogP contribution is -2.10. The average molecular weight is 283 g/mol. The molecule has 0 bridgehead atoms. The monoisotopic (exact) mass is 283 g/mol. The Morgan fingerprint density at radius 2 is 1.95 bits per heavy atom. The summed E-state index contributed by atoms with van der Waals surface area (Å²) in [4.78, 5) is 11.9. The number of carbonyl (C=O) groups is 1. The predicted octanol–water partition coefficient (Wildman–Crippen LogP) is 3.12. The third-order valence-electron chi connectivity index (χ3n) is 2.81. The summed E-state index contributed by atoms with van der Waals surface area (Å²) in [5.41, 5.74) is 7.80. The summed E-state index contributed by atoms with van der Waals surface area (Å²) in [6.45, 7) is 0. The number of hydrogen-bond donors (Lipinski definition) is 2. The maximum absolute atomic E-state index is 11.0. The van der Waals surface area contributed by atoms with Crippen LogP contribution in [-0.4, -0.2) is 12.2 Å². The van der Waals surface area contributed by atoms with Crippen molar-refractivity contribution in [3.05, 3.63) is 53.6 Å². The van der Waals surface area contributed by atoms with Crippen molar-refractivity contribution in [2.75, 3.05) is 11.6 Å². The summed E-state index contributed by atoms with van der Waals surface area (Å²) in [6, 6.07) is 14.7. The molecule has 0 radical (unpaired) electrons. The predicted molar refractivity (Wildman–Crippen MR) is 81.2 cm³/mol.